The topological polar surface area (TPSA) is 106 Å². The third kappa shape index (κ3) is 4.73. The highest BCUT2D eigenvalue weighted by Gasteiger charge is 2.28. The number of amides is 1. The number of fused-ring (bicyclic) bond motifs is 1. The van der Waals surface area contributed by atoms with Gasteiger partial charge < -0.3 is 29.2 Å². The highest BCUT2D eigenvalue weighted by Crippen LogP contribution is 2.39. The van der Waals surface area contributed by atoms with Crippen molar-refractivity contribution in [3.8, 4) is 29.1 Å². The van der Waals surface area contributed by atoms with Crippen molar-refractivity contribution in [3.63, 3.8) is 0 Å². The van der Waals surface area contributed by atoms with Crippen LogP contribution in [0, 0.1) is 17.2 Å². The zero-order chi connectivity index (χ0) is 24.9. The lowest BCUT2D eigenvalue weighted by atomic mass is 9.94. The molecule has 3 aromatic rings. The maximum absolute atomic E-state index is 13.0. The van der Waals surface area contributed by atoms with Gasteiger partial charge in [-0.1, -0.05) is 0 Å². The molecule has 0 spiro atoms. The van der Waals surface area contributed by atoms with Crippen molar-refractivity contribution >= 4 is 28.2 Å². The summed E-state index contributed by atoms with van der Waals surface area (Å²) in [5, 5.41) is 13.6. The summed E-state index contributed by atoms with van der Waals surface area (Å²) in [7, 11) is 6.28. The molecule has 1 aliphatic rings. The molecule has 4 rings (SSSR count). The largest absolute Gasteiger partial charge is 0.493 e. The van der Waals surface area contributed by atoms with E-state index in [9.17, 15) is 10.1 Å². The van der Waals surface area contributed by atoms with Crippen LogP contribution in [0.2, 0.25) is 0 Å². The Kier molecular flexibility index (Phi) is 7.11. The lowest BCUT2D eigenvalue weighted by Gasteiger charge is -2.34. The van der Waals surface area contributed by atoms with Crippen LogP contribution in [0.25, 0.3) is 10.9 Å². The van der Waals surface area contributed by atoms with Crippen LogP contribution in [0.15, 0.2) is 36.5 Å². The summed E-state index contributed by atoms with van der Waals surface area (Å²) in [6.45, 7) is 1.26. The van der Waals surface area contributed by atoms with Gasteiger partial charge in [0.2, 0.25) is 5.91 Å². The number of anilines is 2. The molecule has 9 heteroatoms. The zero-order valence-electron chi connectivity index (χ0n) is 20.3. The fraction of sp³-hybridized carbons (Fsp3) is 0.346. The van der Waals surface area contributed by atoms with Crippen molar-refractivity contribution in [3.05, 3.63) is 42.1 Å². The van der Waals surface area contributed by atoms with E-state index in [1.165, 1.54) is 0 Å². The molecular weight excluding hydrogens is 448 g/mol. The van der Waals surface area contributed by atoms with E-state index in [1.54, 1.807) is 52.8 Å². The molecule has 0 unspecified atom stereocenters. The highest BCUT2D eigenvalue weighted by atomic mass is 16.5. The van der Waals surface area contributed by atoms with Crippen LogP contribution in [0.3, 0.4) is 0 Å². The van der Waals surface area contributed by atoms with Gasteiger partial charge >= 0.3 is 0 Å². The zero-order valence-corrected chi connectivity index (χ0v) is 20.3. The standard InChI is InChI=1S/C26H28N4O5/c1-32-21-6-5-18(11-22(21)33-2)29-26(31)16-7-9-30(10-8-16)25-17(14-27)15-28-20-13-24(35-4)23(34-3)12-19(20)25/h5-6,11-13,15-16H,7-10H2,1-4H3,(H,29,31). The second kappa shape index (κ2) is 10.4. The molecule has 0 saturated carbocycles. The first-order valence-electron chi connectivity index (χ1n) is 11.3. The van der Waals surface area contributed by atoms with Crippen LogP contribution in [-0.2, 0) is 4.79 Å². The number of benzene rings is 2. The normalized spacial score (nSPS) is 13.7. The molecule has 1 N–H and O–H groups in total. The number of methoxy groups -OCH3 is 4. The molecule has 1 aromatic heterocycles. The van der Waals surface area contributed by atoms with E-state index in [0.717, 1.165) is 11.1 Å². The molecule has 9 nitrogen and oxygen atoms in total. The van der Waals surface area contributed by atoms with E-state index in [0.29, 0.717) is 65.7 Å². The summed E-state index contributed by atoms with van der Waals surface area (Å²) >= 11 is 0. The number of carbonyl (C=O) groups excluding carboxylic acids is 1. The van der Waals surface area contributed by atoms with Gasteiger partial charge in [-0.05, 0) is 31.0 Å². The number of pyridine rings is 1. The molecule has 1 fully saturated rings. The summed E-state index contributed by atoms with van der Waals surface area (Å²) in [4.78, 5) is 19.5. The van der Waals surface area contributed by atoms with E-state index in [-0.39, 0.29) is 11.8 Å². The van der Waals surface area contributed by atoms with Crippen LogP contribution in [-0.4, -0.2) is 52.4 Å². The monoisotopic (exact) mass is 476 g/mol. The smallest absolute Gasteiger partial charge is 0.227 e. The van der Waals surface area contributed by atoms with Crippen molar-refractivity contribution in [2.75, 3.05) is 51.7 Å². The first kappa shape index (κ1) is 24.0. The van der Waals surface area contributed by atoms with Gasteiger partial charge in [-0.15, -0.1) is 0 Å². The first-order valence-corrected chi connectivity index (χ1v) is 11.3. The molecule has 1 amide bonds. The molecule has 0 bridgehead atoms. The third-order valence-electron chi connectivity index (χ3n) is 6.30. The van der Waals surface area contributed by atoms with E-state index in [4.69, 9.17) is 18.9 Å². The number of rotatable bonds is 7. The number of carbonyl (C=O) groups is 1. The Labute approximate surface area is 204 Å². The van der Waals surface area contributed by atoms with Crippen molar-refractivity contribution in [1.29, 1.82) is 5.26 Å². The molecule has 0 radical (unpaired) electrons. The van der Waals surface area contributed by atoms with Crippen molar-refractivity contribution in [1.82, 2.24) is 4.98 Å². The summed E-state index contributed by atoms with van der Waals surface area (Å²) in [6, 6.07) is 11.2. The van der Waals surface area contributed by atoms with Crippen molar-refractivity contribution in [2.45, 2.75) is 12.8 Å². The molecule has 2 aromatic carbocycles. The molecule has 0 atom stereocenters. The number of nitrogens with zero attached hydrogens (tertiary/aromatic N) is 3. The minimum absolute atomic E-state index is 0.0385. The van der Waals surface area contributed by atoms with Crippen LogP contribution >= 0.6 is 0 Å². The number of nitrogens with one attached hydrogen (secondary N) is 1. The van der Waals surface area contributed by atoms with Gasteiger partial charge in [0.1, 0.15) is 6.07 Å². The lowest BCUT2D eigenvalue weighted by molar-refractivity contribution is -0.120. The molecule has 35 heavy (non-hydrogen) atoms. The second-order valence-corrected chi connectivity index (χ2v) is 8.18. The van der Waals surface area contributed by atoms with E-state index in [1.807, 2.05) is 12.1 Å². The van der Waals surface area contributed by atoms with E-state index >= 15 is 0 Å². The summed E-state index contributed by atoms with van der Waals surface area (Å²) in [5.41, 5.74) is 2.66. The van der Waals surface area contributed by atoms with Crippen molar-refractivity contribution < 1.29 is 23.7 Å². The lowest BCUT2D eigenvalue weighted by Crippen LogP contribution is -2.38. The molecule has 2 heterocycles. The minimum Gasteiger partial charge on any atom is -0.493 e. The maximum Gasteiger partial charge on any atom is 0.227 e. The fourth-order valence-electron chi connectivity index (χ4n) is 4.45. The fourth-order valence-corrected chi connectivity index (χ4v) is 4.45. The molecule has 1 aliphatic heterocycles. The Balaban J connectivity index is 1.53. The Morgan fingerprint density at radius 2 is 1.60 bits per heavy atom. The van der Waals surface area contributed by atoms with Gasteiger partial charge in [0.15, 0.2) is 23.0 Å². The van der Waals surface area contributed by atoms with Crippen LogP contribution in [0.4, 0.5) is 11.4 Å². The Hall–Kier alpha value is -4.19. The summed E-state index contributed by atoms with van der Waals surface area (Å²) in [5.74, 6) is 2.12. The predicted octanol–water partition coefficient (Wildman–Crippen LogP) is 4.00. The van der Waals surface area contributed by atoms with Crippen LogP contribution in [0.1, 0.15) is 18.4 Å². The van der Waals surface area contributed by atoms with Crippen LogP contribution < -0.4 is 29.2 Å². The molecule has 1 saturated heterocycles. The minimum atomic E-state index is -0.146. The Morgan fingerprint density at radius 1 is 0.971 bits per heavy atom. The Morgan fingerprint density at radius 3 is 2.23 bits per heavy atom. The molecule has 0 aliphatic carbocycles. The van der Waals surface area contributed by atoms with Gasteiger partial charge in [0.05, 0.1) is 45.2 Å². The van der Waals surface area contributed by atoms with Gasteiger partial charge in [-0.2, -0.15) is 5.26 Å². The first-order chi connectivity index (χ1) is 17.0. The van der Waals surface area contributed by atoms with Crippen LogP contribution in [0.5, 0.6) is 23.0 Å². The van der Waals surface area contributed by atoms with E-state index < -0.39 is 0 Å². The van der Waals surface area contributed by atoms with Gasteiger partial charge in [0.25, 0.3) is 0 Å². The quantitative estimate of drug-likeness (QED) is 0.546. The third-order valence-corrected chi connectivity index (χ3v) is 6.30. The summed E-state index contributed by atoms with van der Waals surface area (Å²) in [6.07, 6.45) is 2.89. The van der Waals surface area contributed by atoms with Crippen molar-refractivity contribution in [2.24, 2.45) is 5.92 Å². The average molecular weight is 477 g/mol. The number of aromatic nitrogens is 1. The number of piperidine rings is 1. The predicted molar refractivity (Wildman–Crippen MR) is 133 cm³/mol. The number of hydrogen-bond acceptors (Lipinski definition) is 8. The number of nitriles is 1. The second-order valence-electron chi connectivity index (χ2n) is 8.18. The molecular formula is C26H28N4O5. The van der Waals surface area contributed by atoms with E-state index in [2.05, 4.69) is 21.3 Å². The molecule has 182 valence electrons. The Bertz CT molecular complexity index is 1280. The SMILES string of the molecule is COc1ccc(NC(=O)C2CCN(c3c(C#N)cnc4cc(OC)c(OC)cc34)CC2)cc1OC. The summed E-state index contributed by atoms with van der Waals surface area (Å²) < 4.78 is 21.5. The average Bonchev–Trinajstić information content (AvgIpc) is 2.91. The van der Waals surface area contributed by atoms with Gasteiger partial charge in [-0.25, -0.2) is 0 Å². The number of hydrogen-bond donors (Lipinski definition) is 1. The van der Waals surface area contributed by atoms with Gasteiger partial charge in [-0.3, -0.25) is 9.78 Å². The highest BCUT2D eigenvalue weighted by molar-refractivity contribution is 5.97. The number of ether oxygens (including phenoxy) is 4. The van der Waals surface area contributed by atoms with Gasteiger partial charge in [0, 0.05) is 48.4 Å². The maximum atomic E-state index is 13.0.